The van der Waals surface area contributed by atoms with E-state index in [1.54, 1.807) is 12.1 Å². The van der Waals surface area contributed by atoms with Crippen molar-refractivity contribution in [3.63, 3.8) is 0 Å². The number of pyridine rings is 1. The summed E-state index contributed by atoms with van der Waals surface area (Å²) in [7, 11) is 0. The summed E-state index contributed by atoms with van der Waals surface area (Å²) in [4.78, 5) is 20.7. The maximum atomic E-state index is 15.3. The second-order valence-corrected chi connectivity index (χ2v) is 9.72. The molecule has 10 nitrogen and oxygen atoms in total. The number of carbonyl (C=O) groups excluding carboxylic acids is 1. The number of nitrogens with zero attached hydrogens (tertiary/aromatic N) is 2. The summed E-state index contributed by atoms with van der Waals surface area (Å²) in [6.07, 6.45) is 1.01. The molecule has 3 aliphatic heterocycles. The molecular weight excluding hydrogens is 514 g/mol. The molecule has 3 aromatic rings. The Morgan fingerprint density at radius 1 is 1.23 bits per heavy atom. The fourth-order valence-electron chi connectivity index (χ4n) is 5.39. The van der Waals surface area contributed by atoms with Gasteiger partial charge in [-0.25, -0.2) is 13.8 Å². The van der Waals surface area contributed by atoms with Crippen LogP contribution in [0.5, 0.6) is 5.88 Å². The van der Waals surface area contributed by atoms with Crippen molar-refractivity contribution in [3.05, 3.63) is 53.1 Å². The van der Waals surface area contributed by atoms with Crippen molar-refractivity contribution in [3.8, 4) is 17.1 Å². The van der Waals surface area contributed by atoms with Crippen molar-refractivity contribution in [2.24, 2.45) is 0 Å². The van der Waals surface area contributed by atoms with Gasteiger partial charge in [-0.05, 0) is 41.8 Å². The lowest BCUT2D eigenvalue weighted by molar-refractivity contribution is -0.133. The fraction of sp³-hybridized carbons (Fsp3) is 0.370. The third kappa shape index (κ3) is 4.48. The topological polar surface area (TPSA) is 141 Å². The van der Waals surface area contributed by atoms with E-state index in [1.807, 2.05) is 0 Å². The number of hydrogen-bond donors (Lipinski definition) is 4. The smallest absolute Gasteiger partial charge is 0.248 e. The van der Waals surface area contributed by atoms with Crippen molar-refractivity contribution in [1.82, 2.24) is 14.9 Å². The largest absolute Gasteiger partial charge is 0.470 e. The van der Waals surface area contributed by atoms with Gasteiger partial charge >= 0.3 is 0 Å². The van der Waals surface area contributed by atoms with Gasteiger partial charge < -0.3 is 39.7 Å². The average Bonchev–Trinajstić information content (AvgIpc) is 3.62. The van der Waals surface area contributed by atoms with Crippen LogP contribution in [0, 0.1) is 17.0 Å². The van der Waals surface area contributed by atoms with Gasteiger partial charge in [-0.1, -0.05) is 6.08 Å². The van der Waals surface area contributed by atoms with Crippen LogP contribution in [-0.2, 0) is 14.3 Å². The number of ether oxygens (including phenoxy) is 3. The number of amides is 1. The number of rotatable bonds is 6. The molecule has 0 radical (unpaired) electrons. The number of benzene rings is 1. The van der Waals surface area contributed by atoms with Crippen LogP contribution < -0.4 is 4.74 Å². The highest BCUT2D eigenvalue weighted by molar-refractivity contribution is 5.99. The normalized spacial score (nSPS) is 24.6. The van der Waals surface area contributed by atoms with E-state index < -0.39 is 48.6 Å². The lowest BCUT2D eigenvalue weighted by Gasteiger charge is -2.26. The van der Waals surface area contributed by atoms with Crippen LogP contribution in [0.2, 0.25) is 0 Å². The van der Waals surface area contributed by atoms with E-state index in [2.05, 4.69) is 9.97 Å². The van der Waals surface area contributed by atoms with Crippen LogP contribution in [0.25, 0.3) is 27.9 Å². The molecule has 4 atom stereocenters. The summed E-state index contributed by atoms with van der Waals surface area (Å²) < 4.78 is 47.8. The molecule has 6 rings (SSSR count). The van der Waals surface area contributed by atoms with Gasteiger partial charge in [0.1, 0.15) is 42.1 Å². The van der Waals surface area contributed by atoms with Crippen molar-refractivity contribution in [2.75, 3.05) is 32.9 Å². The molecular formula is C27H26F2N4O6. The second-order valence-electron chi connectivity index (χ2n) is 9.72. The average molecular weight is 541 g/mol. The number of aliphatic hydroxyl groups is 2. The van der Waals surface area contributed by atoms with Crippen LogP contribution in [0.3, 0.4) is 0 Å². The minimum atomic E-state index is -0.791. The molecule has 4 N–H and O–H groups in total. The zero-order valence-corrected chi connectivity index (χ0v) is 20.7. The first kappa shape index (κ1) is 25.6. The lowest BCUT2D eigenvalue weighted by atomic mass is 9.96. The van der Waals surface area contributed by atoms with Gasteiger partial charge in [0.25, 0.3) is 0 Å². The Morgan fingerprint density at radius 3 is 2.69 bits per heavy atom. The van der Waals surface area contributed by atoms with E-state index >= 15 is 8.78 Å². The summed E-state index contributed by atoms with van der Waals surface area (Å²) in [6.45, 7) is 0.372. The molecule has 12 heteroatoms. The zero-order valence-electron chi connectivity index (χ0n) is 20.7. The molecule has 39 heavy (non-hydrogen) atoms. The third-order valence-electron chi connectivity index (χ3n) is 7.40. The van der Waals surface area contributed by atoms with Crippen LogP contribution in [0.4, 0.5) is 8.78 Å². The highest BCUT2D eigenvalue weighted by Crippen LogP contribution is 2.35. The quantitative estimate of drug-likeness (QED) is 0.351. The minimum Gasteiger partial charge on any atom is -0.470 e. The number of nitrogens with one attached hydrogen (secondary N) is 2. The number of hydrogen-bond acceptors (Lipinski definition) is 8. The fourth-order valence-corrected chi connectivity index (χ4v) is 5.39. The van der Waals surface area contributed by atoms with Crippen molar-refractivity contribution < 1.29 is 38.0 Å². The summed E-state index contributed by atoms with van der Waals surface area (Å²) in [5.74, 6) is -1.73. The molecule has 1 amide bonds. The van der Waals surface area contributed by atoms with E-state index in [9.17, 15) is 9.90 Å². The molecule has 0 aliphatic carbocycles. The van der Waals surface area contributed by atoms with E-state index in [1.165, 1.54) is 23.1 Å². The van der Waals surface area contributed by atoms with Gasteiger partial charge in [0.2, 0.25) is 11.8 Å². The molecule has 2 fully saturated rings. The Morgan fingerprint density at radius 2 is 2.00 bits per heavy atom. The van der Waals surface area contributed by atoms with Gasteiger partial charge in [-0.2, -0.15) is 0 Å². The first-order valence-electron chi connectivity index (χ1n) is 12.6. The predicted octanol–water partition coefficient (Wildman–Crippen LogP) is 2.02. The molecule has 0 bridgehead atoms. The molecule has 0 unspecified atom stereocenters. The number of aromatic nitrogens is 2. The predicted molar refractivity (Wildman–Crippen MR) is 135 cm³/mol. The monoisotopic (exact) mass is 540 g/mol. The third-order valence-corrected chi connectivity index (χ3v) is 7.40. The van der Waals surface area contributed by atoms with Crippen LogP contribution in [0.1, 0.15) is 17.5 Å². The van der Waals surface area contributed by atoms with Crippen LogP contribution in [-0.4, -0.2) is 94.5 Å². The van der Waals surface area contributed by atoms with Crippen molar-refractivity contribution >= 4 is 28.7 Å². The Kier molecular flexibility index (Phi) is 6.63. The molecule has 2 aromatic heterocycles. The standard InChI is InChI=1S/C27H26F2N4O6/c28-16-7-14(13-3-5-33(6-4-13)22(36)10-34)8-17(29)23(16)18-1-2-19-24(31-18)15(9-30)27(32-19)39-21-12-38-25-20(35)11-37-26(21)25/h1-3,7-9,20-21,25-26,30,32,34-35H,4-6,10-12H2/t20-,21-,25-,26-/m1/s1. The summed E-state index contributed by atoms with van der Waals surface area (Å²) in [6, 6.07) is 5.59. The van der Waals surface area contributed by atoms with Crippen molar-refractivity contribution in [1.29, 1.82) is 5.41 Å². The molecule has 5 heterocycles. The van der Waals surface area contributed by atoms with Crippen LogP contribution in [0.15, 0.2) is 30.3 Å². The Balaban J connectivity index is 1.28. The van der Waals surface area contributed by atoms with E-state index in [4.69, 9.17) is 24.7 Å². The number of carbonyl (C=O) groups is 1. The van der Waals surface area contributed by atoms with Gasteiger partial charge in [-0.3, -0.25) is 4.79 Å². The Hall–Kier alpha value is -3.71. The van der Waals surface area contributed by atoms with E-state index in [-0.39, 0.29) is 36.9 Å². The molecule has 3 aliphatic rings. The molecule has 204 valence electrons. The maximum Gasteiger partial charge on any atom is 0.248 e. The number of halogens is 2. The number of fused-ring (bicyclic) bond motifs is 2. The van der Waals surface area contributed by atoms with E-state index in [0.29, 0.717) is 40.7 Å². The molecule has 0 saturated carbocycles. The highest BCUT2D eigenvalue weighted by atomic mass is 19.1. The molecule has 1 aromatic carbocycles. The summed E-state index contributed by atoms with van der Waals surface area (Å²) >= 11 is 0. The number of aromatic amines is 1. The molecule has 2 saturated heterocycles. The SMILES string of the molecule is N=Cc1c(O[C@@H]2CO[C@H]3[C@@H]2OC[C@H]3O)[nH]c2ccc(-c3c(F)cc(C4=CCN(C(=O)CO)CC4)cc3F)nc12. The van der Waals surface area contributed by atoms with Gasteiger partial charge in [0.15, 0.2) is 6.10 Å². The Labute approximate surface area is 221 Å². The van der Waals surface area contributed by atoms with Gasteiger partial charge in [0, 0.05) is 19.3 Å². The summed E-state index contributed by atoms with van der Waals surface area (Å²) in [5, 5.41) is 26.9. The van der Waals surface area contributed by atoms with Gasteiger partial charge in [0.05, 0.1) is 35.6 Å². The van der Waals surface area contributed by atoms with E-state index in [0.717, 1.165) is 6.21 Å². The number of aliphatic hydroxyl groups excluding tert-OH is 2. The maximum absolute atomic E-state index is 15.3. The minimum absolute atomic E-state index is 0.0570. The highest BCUT2D eigenvalue weighted by Gasteiger charge is 2.48. The molecule has 0 spiro atoms. The van der Waals surface area contributed by atoms with Gasteiger partial charge in [-0.15, -0.1) is 0 Å². The van der Waals surface area contributed by atoms with Crippen molar-refractivity contribution in [2.45, 2.75) is 30.8 Å². The first-order valence-corrected chi connectivity index (χ1v) is 12.6. The second kappa shape index (κ2) is 10.1. The lowest BCUT2D eigenvalue weighted by Crippen LogP contribution is -2.36. The number of H-pyrrole nitrogens is 1. The zero-order chi connectivity index (χ0) is 27.3. The first-order chi connectivity index (χ1) is 18.9. The van der Waals surface area contributed by atoms with Crippen LogP contribution >= 0.6 is 0 Å². The summed E-state index contributed by atoms with van der Waals surface area (Å²) in [5.41, 5.74) is 1.98. The Bertz CT molecular complexity index is 1470.